The molecule has 1 unspecified atom stereocenters. The Morgan fingerprint density at radius 2 is 1.96 bits per heavy atom. The average Bonchev–Trinajstić information content (AvgIpc) is 3.12. The molecule has 132 valence electrons. The van der Waals surface area contributed by atoms with Gasteiger partial charge in [-0.1, -0.05) is 36.4 Å². The number of aromatic nitrogens is 3. The molecule has 1 atom stereocenters. The molecule has 0 bridgehead atoms. The van der Waals surface area contributed by atoms with Crippen molar-refractivity contribution in [1.29, 1.82) is 0 Å². The zero-order valence-electron chi connectivity index (χ0n) is 14.3. The van der Waals surface area contributed by atoms with E-state index in [0.717, 1.165) is 23.1 Å². The third-order valence-electron chi connectivity index (χ3n) is 4.76. The maximum absolute atomic E-state index is 12.9. The van der Waals surface area contributed by atoms with E-state index in [1.165, 1.54) is 6.33 Å². The molecule has 1 aliphatic heterocycles. The van der Waals surface area contributed by atoms with Crippen LogP contribution in [-0.2, 0) is 13.0 Å². The van der Waals surface area contributed by atoms with Crippen LogP contribution < -0.4 is 0 Å². The summed E-state index contributed by atoms with van der Waals surface area (Å²) in [5.74, 6) is -0.0517. The number of aliphatic hydroxyl groups excluding tert-OH is 1. The lowest BCUT2D eigenvalue weighted by atomic mass is 10.0. The molecule has 1 aromatic heterocycles. The molecule has 1 N–H and O–H groups in total. The minimum absolute atomic E-state index is 0.0517. The second kappa shape index (κ2) is 7.09. The first-order valence-corrected chi connectivity index (χ1v) is 8.67. The van der Waals surface area contributed by atoms with Crippen LogP contribution in [0.2, 0.25) is 0 Å². The van der Waals surface area contributed by atoms with Gasteiger partial charge in [0.1, 0.15) is 12.7 Å². The predicted octanol–water partition coefficient (Wildman–Crippen LogP) is 2.06. The number of benzene rings is 2. The molecule has 0 aliphatic carbocycles. The van der Waals surface area contributed by atoms with Gasteiger partial charge in [-0.15, -0.1) is 0 Å². The summed E-state index contributed by atoms with van der Waals surface area (Å²) in [5, 5.41) is 14.6. The molecule has 6 nitrogen and oxygen atoms in total. The molecule has 0 saturated heterocycles. The molecule has 1 aliphatic rings. The van der Waals surface area contributed by atoms with E-state index in [-0.39, 0.29) is 5.91 Å². The van der Waals surface area contributed by atoms with Crippen molar-refractivity contribution < 1.29 is 9.90 Å². The van der Waals surface area contributed by atoms with Crippen molar-refractivity contribution in [2.24, 2.45) is 0 Å². The van der Waals surface area contributed by atoms with Crippen LogP contribution in [0.5, 0.6) is 0 Å². The van der Waals surface area contributed by atoms with Gasteiger partial charge in [-0.3, -0.25) is 4.79 Å². The van der Waals surface area contributed by atoms with Gasteiger partial charge in [0.25, 0.3) is 5.91 Å². The summed E-state index contributed by atoms with van der Waals surface area (Å²) in [6.07, 6.45) is 3.27. The first kappa shape index (κ1) is 16.5. The molecular formula is C20H20N4O2. The number of aliphatic hydroxyl groups is 1. The van der Waals surface area contributed by atoms with Gasteiger partial charge in [-0.2, -0.15) is 5.10 Å². The minimum Gasteiger partial charge on any atom is -0.387 e. The summed E-state index contributed by atoms with van der Waals surface area (Å²) in [6, 6.07) is 15.4. The predicted molar refractivity (Wildman–Crippen MR) is 96.6 cm³/mol. The Kier molecular flexibility index (Phi) is 4.50. The molecule has 4 rings (SSSR count). The molecule has 0 spiro atoms. The van der Waals surface area contributed by atoms with E-state index in [2.05, 4.69) is 10.1 Å². The molecule has 6 heteroatoms. The van der Waals surface area contributed by atoms with Crippen molar-refractivity contribution in [2.75, 3.05) is 13.1 Å². The normalized spacial score (nSPS) is 16.8. The number of rotatable bonds is 3. The van der Waals surface area contributed by atoms with Gasteiger partial charge in [-0.25, -0.2) is 9.67 Å². The number of hydrogen-bond acceptors (Lipinski definition) is 4. The Morgan fingerprint density at radius 3 is 2.73 bits per heavy atom. The zero-order valence-corrected chi connectivity index (χ0v) is 14.3. The Morgan fingerprint density at radius 1 is 1.15 bits per heavy atom. The van der Waals surface area contributed by atoms with Crippen molar-refractivity contribution in [2.45, 2.75) is 19.1 Å². The van der Waals surface area contributed by atoms with Gasteiger partial charge in [0, 0.05) is 12.1 Å². The largest absolute Gasteiger partial charge is 0.387 e. The van der Waals surface area contributed by atoms with E-state index in [9.17, 15) is 9.90 Å². The summed E-state index contributed by atoms with van der Waals surface area (Å²) in [5.41, 5.74) is 3.71. The monoisotopic (exact) mass is 348 g/mol. The molecule has 2 heterocycles. The molecule has 26 heavy (non-hydrogen) atoms. The third kappa shape index (κ3) is 3.36. The molecule has 0 radical (unpaired) electrons. The first-order valence-electron chi connectivity index (χ1n) is 8.67. The van der Waals surface area contributed by atoms with Crippen LogP contribution in [-0.4, -0.2) is 43.8 Å². The highest BCUT2D eigenvalue weighted by Gasteiger charge is 2.24. The minimum atomic E-state index is -0.649. The summed E-state index contributed by atoms with van der Waals surface area (Å²) >= 11 is 0. The van der Waals surface area contributed by atoms with E-state index in [4.69, 9.17) is 0 Å². The van der Waals surface area contributed by atoms with E-state index >= 15 is 0 Å². The van der Waals surface area contributed by atoms with Gasteiger partial charge in [0.05, 0.1) is 19.2 Å². The van der Waals surface area contributed by atoms with E-state index in [1.807, 2.05) is 48.5 Å². The van der Waals surface area contributed by atoms with Crippen molar-refractivity contribution >= 4 is 5.91 Å². The molecule has 0 fully saturated rings. The Balaban J connectivity index is 1.47. The lowest BCUT2D eigenvalue weighted by Gasteiger charge is -2.22. The topological polar surface area (TPSA) is 71.2 Å². The molecular weight excluding hydrogens is 328 g/mol. The highest BCUT2D eigenvalue weighted by Crippen LogP contribution is 2.24. The quantitative estimate of drug-likeness (QED) is 0.786. The van der Waals surface area contributed by atoms with Gasteiger partial charge < -0.3 is 10.0 Å². The highest BCUT2D eigenvalue weighted by molar-refractivity contribution is 5.94. The van der Waals surface area contributed by atoms with Crippen LogP contribution in [0.3, 0.4) is 0 Å². The number of amides is 1. The number of hydrogen-bond donors (Lipinski definition) is 1. The Labute approximate surface area is 151 Å². The lowest BCUT2D eigenvalue weighted by molar-refractivity contribution is 0.0643. The first-order chi connectivity index (χ1) is 12.7. The van der Waals surface area contributed by atoms with Crippen LogP contribution in [0.1, 0.15) is 33.2 Å². The maximum atomic E-state index is 12.9. The SMILES string of the molecule is O=C(c1ccc(Cn2cncn2)cc1)N1CCc2ccccc2C(O)C1. The standard InChI is InChI=1S/C20H20N4O2/c25-19-12-23(10-9-16-3-1-2-4-18(16)19)20(26)17-7-5-15(6-8-17)11-24-14-21-13-22-24/h1-8,13-14,19,25H,9-12H2. The van der Waals surface area contributed by atoms with Crippen LogP contribution >= 0.6 is 0 Å². The van der Waals surface area contributed by atoms with Gasteiger partial charge in [-0.05, 0) is 35.2 Å². The second-order valence-electron chi connectivity index (χ2n) is 6.51. The van der Waals surface area contributed by atoms with Crippen molar-refractivity contribution in [3.05, 3.63) is 83.4 Å². The third-order valence-corrected chi connectivity index (χ3v) is 4.76. The molecule has 2 aromatic carbocycles. The van der Waals surface area contributed by atoms with Crippen LogP contribution in [0.25, 0.3) is 0 Å². The van der Waals surface area contributed by atoms with Crippen molar-refractivity contribution in [1.82, 2.24) is 19.7 Å². The highest BCUT2D eigenvalue weighted by atomic mass is 16.3. The van der Waals surface area contributed by atoms with Crippen molar-refractivity contribution in [3.8, 4) is 0 Å². The fourth-order valence-corrected chi connectivity index (χ4v) is 3.36. The molecule has 0 saturated carbocycles. The Bertz CT molecular complexity index is 890. The zero-order chi connectivity index (χ0) is 17.9. The van der Waals surface area contributed by atoms with Gasteiger partial charge in [0.15, 0.2) is 0 Å². The molecule has 3 aromatic rings. The summed E-state index contributed by atoms with van der Waals surface area (Å²) < 4.78 is 1.74. The van der Waals surface area contributed by atoms with Crippen LogP contribution in [0.4, 0.5) is 0 Å². The van der Waals surface area contributed by atoms with Crippen LogP contribution in [0.15, 0.2) is 61.2 Å². The van der Waals surface area contributed by atoms with Gasteiger partial charge >= 0.3 is 0 Å². The van der Waals surface area contributed by atoms with E-state index in [0.29, 0.717) is 25.2 Å². The molecule has 1 amide bonds. The summed E-state index contributed by atoms with van der Waals surface area (Å²) in [7, 11) is 0. The number of carbonyl (C=O) groups is 1. The smallest absolute Gasteiger partial charge is 0.253 e. The van der Waals surface area contributed by atoms with E-state index in [1.54, 1.807) is 15.9 Å². The number of β-amino-alcohol motifs (C(OH)–C–C–N with tert-alkyl or cyclic N) is 1. The summed E-state index contributed by atoms with van der Waals surface area (Å²) in [4.78, 5) is 18.5. The summed E-state index contributed by atoms with van der Waals surface area (Å²) in [6.45, 7) is 1.54. The van der Waals surface area contributed by atoms with Gasteiger partial charge in [0.2, 0.25) is 0 Å². The van der Waals surface area contributed by atoms with Crippen molar-refractivity contribution in [3.63, 3.8) is 0 Å². The second-order valence-corrected chi connectivity index (χ2v) is 6.51. The fourth-order valence-electron chi connectivity index (χ4n) is 3.36. The maximum Gasteiger partial charge on any atom is 0.253 e. The lowest BCUT2D eigenvalue weighted by Crippen LogP contribution is -2.34. The number of nitrogens with zero attached hydrogens (tertiary/aromatic N) is 4. The van der Waals surface area contributed by atoms with E-state index < -0.39 is 6.10 Å². The Hall–Kier alpha value is -2.99. The fraction of sp³-hybridized carbons (Fsp3) is 0.250. The van der Waals surface area contributed by atoms with Crippen LogP contribution in [0, 0.1) is 0 Å². The number of carbonyl (C=O) groups excluding carboxylic acids is 1. The average molecular weight is 348 g/mol. The number of fused-ring (bicyclic) bond motifs is 1.